The van der Waals surface area contributed by atoms with E-state index in [1.165, 1.54) is 51.4 Å². The lowest BCUT2D eigenvalue weighted by Crippen LogP contribution is -2.63. The number of benzene rings is 1. The summed E-state index contributed by atoms with van der Waals surface area (Å²) in [5, 5.41) is 14.4. The van der Waals surface area contributed by atoms with E-state index >= 15 is 0 Å². The van der Waals surface area contributed by atoms with Crippen LogP contribution in [-0.2, 0) is 35.0 Å². The molecule has 0 saturated carbocycles. The first-order chi connectivity index (χ1) is 25.9. The standard InChI is InChI=1S/C39H47ClN4O11/c1-21-10-9-11-30(52-8)39(50)18-29(53-37(49)42-39)22(2)35-38(4,55-35)31(17-32(46)44(6)27-15-24(14-21)16-28(51-7)34(27)40)54-33(47)20-43(5)36(48)25-12-13-26(23(3)45)41-19-25/h9-13,15-16,19,22,29-31,35,50H,14,17-18,20H2,1-8H3,(H,42,49)/b11-9+,21-10+/t22-,29+,30-,31+,35+,38+,39+/m1/s1. The zero-order valence-electron chi connectivity index (χ0n) is 32.1. The highest BCUT2D eigenvalue weighted by Gasteiger charge is 2.64. The Morgan fingerprint density at radius 3 is 2.56 bits per heavy atom. The summed E-state index contributed by atoms with van der Waals surface area (Å²) >= 11 is 6.74. The summed E-state index contributed by atoms with van der Waals surface area (Å²) in [5.41, 5.74) is -0.714. The summed E-state index contributed by atoms with van der Waals surface area (Å²) in [4.78, 5) is 71.8. The topological polar surface area (TPSA) is 186 Å². The number of ketones is 1. The molecule has 0 aliphatic carbocycles. The number of fused-ring (bicyclic) bond motifs is 5. The predicted molar refractivity (Wildman–Crippen MR) is 200 cm³/mol. The van der Waals surface area contributed by atoms with E-state index in [-0.39, 0.29) is 34.9 Å². The molecule has 3 aliphatic rings. The van der Waals surface area contributed by atoms with Gasteiger partial charge in [-0.3, -0.25) is 29.5 Å². The number of pyridine rings is 1. The molecular formula is C39H47ClN4O11. The molecule has 5 rings (SSSR count). The number of allylic oxidation sites excluding steroid dienone is 3. The van der Waals surface area contributed by atoms with E-state index in [2.05, 4.69) is 10.3 Å². The minimum atomic E-state index is -1.85. The van der Waals surface area contributed by atoms with Gasteiger partial charge in [-0.1, -0.05) is 42.3 Å². The number of hydrogen-bond donors (Lipinski definition) is 2. The van der Waals surface area contributed by atoms with E-state index in [1.807, 2.05) is 13.0 Å². The van der Waals surface area contributed by atoms with Gasteiger partial charge in [0.25, 0.3) is 5.91 Å². The number of aliphatic hydroxyl groups is 1. The van der Waals surface area contributed by atoms with E-state index in [1.54, 1.807) is 45.2 Å². The van der Waals surface area contributed by atoms with Gasteiger partial charge < -0.3 is 38.6 Å². The highest BCUT2D eigenvalue weighted by atomic mass is 35.5. The maximum atomic E-state index is 14.1. The zero-order valence-corrected chi connectivity index (χ0v) is 32.8. The fraction of sp³-hybridized carbons (Fsp3) is 0.487. The van der Waals surface area contributed by atoms with Crippen LogP contribution in [0.25, 0.3) is 0 Å². The van der Waals surface area contributed by atoms with Crippen LogP contribution in [0.15, 0.2) is 54.3 Å². The van der Waals surface area contributed by atoms with Crippen molar-refractivity contribution in [1.82, 2.24) is 15.2 Å². The van der Waals surface area contributed by atoms with Crippen molar-refractivity contribution in [1.29, 1.82) is 0 Å². The Hall–Kier alpha value is -4.83. The van der Waals surface area contributed by atoms with Gasteiger partial charge in [-0.05, 0) is 50.1 Å². The first-order valence-corrected chi connectivity index (χ1v) is 18.1. The summed E-state index contributed by atoms with van der Waals surface area (Å²) in [6, 6.07) is 6.40. The van der Waals surface area contributed by atoms with Gasteiger partial charge in [0.05, 0.1) is 30.9 Å². The number of carbonyl (C=O) groups is 5. The number of alkyl carbamates (subject to hydrolysis) is 1. The van der Waals surface area contributed by atoms with E-state index in [4.69, 9.17) is 35.3 Å². The van der Waals surface area contributed by atoms with Crippen LogP contribution in [0.5, 0.6) is 5.75 Å². The van der Waals surface area contributed by atoms with Crippen LogP contribution in [0.1, 0.15) is 66.9 Å². The number of esters is 1. The van der Waals surface area contributed by atoms with Gasteiger partial charge in [0, 0.05) is 46.7 Å². The number of rotatable bonds is 7. The van der Waals surface area contributed by atoms with Crippen LogP contribution >= 0.6 is 11.6 Å². The van der Waals surface area contributed by atoms with Crippen LogP contribution in [-0.4, -0.2) is 115 Å². The molecule has 3 aliphatic heterocycles. The molecular weight excluding hydrogens is 736 g/mol. The highest BCUT2D eigenvalue weighted by Crippen LogP contribution is 2.49. The summed E-state index contributed by atoms with van der Waals surface area (Å²) in [6.45, 7) is 6.22. The number of epoxide rings is 1. The van der Waals surface area contributed by atoms with Crippen molar-refractivity contribution in [2.75, 3.05) is 39.8 Å². The van der Waals surface area contributed by atoms with Crippen LogP contribution in [0.4, 0.5) is 10.5 Å². The van der Waals surface area contributed by atoms with Crippen molar-refractivity contribution in [3.05, 3.63) is 76.1 Å². The largest absolute Gasteiger partial charge is 0.495 e. The third kappa shape index (κ3) is 9.01. The fourth-order valence-corrected chi connectivity index (χ4v) is 7.33. The van der Waals surface area contributed by atoms with Gasteiger partial charge in [0.15, 0.2) is 11.5 Å². The second-order valence-corrected chi connectivity index (χ2v) is 14.8. The van der Waals surface area contributed by atoms with Gasteiger partial charge in [-0.2, -0.15) is 0 Å². The number of methoxy groups -OCH3 is 2. The number of anilines is 1. The lowest BCUT2D eigenvalue weighted by atomic mass is 9.83. The molecule has 0 spiro atoms. The molecule has 2 saturated heterocycles. The van der Waals surface area contributed by atoms with Gasteiger partial charge in [0.2, 0.25) is 5.91 Å². The molecule has 16 heteroatoms. The molecule has 2 N–H and O–H groups in total. The molecule has 1 aromatic heterocycles. The average Bonchev–Trinajstić information content (AvgIpc) is 3.83. The molecule has 2 fully saturated rings. The number of carbonyl (C=O) groups excluding carboxylic acids is 5. The minimum absolute atomic E-state index is 0.0766. The average molecular weight is 783 g/mol. The lowest BCUT2D eigenvalue weighted by molar-refractivity contribution is -0.154. The van der Waals surface area contributed by atoms with Crippen molar-refractivity contribution in [2.24, 2.45) is 5.92 Å². The second-order valence-electron chi connectivity index (χ2n) is 14.4. The van der Waals surface area contributed by atoms with E-state index in [9.17, 15) is 29.1 Å². The van der Waals surface area contributed by atoms with E-state index in [0.29, 0.717) is 17.9 Å². The van der Waals surface area contributed by atoms with Crippen molar-refractivity contribution in [3.8, 4) is 5.75 Å². The SMILES string of the molecule is COc1cc2cc(c1Cl)N(C)C(=O)C[C@H](OC(=O)CN(C)C(=O)c1ccc(C(C)=O)nc1)[C@]1(C)O[C@H]1[C@H](C)[C@@H]1C[C@@](O)(NC(=O)O1)[C@H](OC)/C=C/C=C(\C)C2. The smallest absolute Gasteiger partial charge is 0.409 e. The fourth-order valence-electron chi connectivity index (χ4n) is 7.02. The molecule has 3 amide bonds. The second kappa shape index (κ2) is 16.5. The Kier molecular flexibility index (Phi) is 12.4. The van der Waals surface area contributed by atoms with Crippen LogP contribution < -0.4 is 15.0 Å². The van der Waals surface area contributed by atoms with E-state index < -0.39 is 72.1 Å². The molecule has 7 atom stereocenters. The van der Waals surface area contributed by atoms with Crippen molar-refractivity contribution >= 4 is 46.9 Å². The molecule has 296 valence electrons. The number of Topliss-reactive ketones (excluding diaryl/α,β-unsaturated/α-hetero) is 1. The number of hydrogen-bond acceptors (Lipinski definition) is 12. The summed E-state index contributed by atoms with van der Waals surface area (Å²) in [6.07, 6.45) is 1.88. The number of ether oxygens (including phenoxy) is 5. The first kappa shape index (κ1) is 41.3. The molecule has 55 heavy (non-hydrogen) atoms. The Morgan fingerprint density at radius 1 is 1.20 bits per heavy atom. The summed E-state index contributed by atoms with van der Waals surface area (Å²) in [5.74, 6) is -2.32. The van der Waals surface area contributed by atoms with Gasteiger partial charge in [-0.15, -0.1) is 0 Å². The van der Waals surface area contributed by atoms with Crippen LogP contribution in [0, 0.1) is 5.92 Å². The summed E-state index contributed by atoms with van der Waals surface area (Å²) < 4.78 is 29.0. The van der Waals surface area contributed by atoms with Crippen molar-refractivity contribution in [2.45, 2.75) is 82.7 Å². The predicted octanol–water partition coefficient (Wildman–Crippen LogP) is 4.04. The number of amides is 3. The van der Waals surface area contributed by atoms with Gasteiger partial charge >= 0.3 is 12.1 Å². The molecule has 0 radical (unpaired) electrons. The number of nitrogens with zero attached hydrogens (tertiary/aromatic N) is 3. The lowest BCUT2D eigenvalue weighted by Gasteiger charge is -2.42. The third-order valence-corrected chi connectivity index (χ3v) is 10.7. The first-order valence-electron chi connectivity index (χ1n) is 17.7. The van der Waals surface area contributed by atoms with E-state index in [0.717, 1.165) is 16.0 Å². The molecule has 2 aromatic rings. The Bertz CT molecular complexity index is 1900. The van der Waals surface area contributed by atoms with Crippen LogP contribution in [0.2, 0.25) is 5.02 Å². The molecule has 15 nitrogen and oxygen atoms in total. The van der Waals surface area contributed by atoms with Gasteiger partial charge in [0.1, 0.15) is 46.9 Å². The third-order valence-electron chi connectivity index (χ3n) is 10.3. The number of likely N-dealkylation sites (N-methyl/N-ethyl adjacent to an activating group) is 1. The highest BCUT2D eigenvalue weighted by molar-refractivity contribution is 6.35. The quantitative estimate of drug-likeness (QED) is 0.234. The molecule has 0 unspecified atom stereocenters. The maximum Gasteiger partial charge on any atom is 0.409 e. The van der Waals surface area contributed by atoms with Crippen molar-refractivity contribution in [3.63, 3.8) is 0 Å². The summed E-state index contributed by atoms with van der Waals surface area (Å²) in [7, 11) is 5.84. The Balaban J connectivity index is 1.48. The normalized spacial score (nSPS) is 29.7. The zero-order chi connectivity index (χ0) is 40.4. The Morgan fingerprint density at radius 2 is 1.93 bits per heavy atom. The van der Waals surface area contributed by atoms with Gasteiger partial charge in [-0.25, -0.2) is 4.79 Å². The van der Waals surface area contributed by atoms with Crippen molar-refractivity contribution < 1.29 is 52.8 Å². The maximum absolute atomic E-state index is 14.1. The number of halogens is 1. The van der Waals surface area contributed by atoms with Crippen LogP contribution in [0.3, 0.4) is 0 Å². The molecule has 4 heterocycles. The monoisotopic (exact) mass is 782 g/mol. The molecule has 1 aromatic carbocycles. The molecule has 4 bridgehead atoms. The Labute approximate surface area is 324 Å². The number of aromatic nitrogens is 1. The minimum Gasteiger partial charge on any atom is -0.495 e. The number of nitrogens with one attached hydrogen (secondary N) is 1.